The number of anilines is 1. The van der Waals surface area contributed by atoms with Gasteiger partial charge in [0.15, 0.2) is 0 Å². The minimum absolute atomic E-state index is 0.326. The third-order valence-corrected chi connectivity index (χ3v) is 3.54. The number of nitrogens with zero attached hydrogens (tertiary/aromatic N) is 3. The molecule has 2 rings (SSSR count). The van der Waals surface area contributed by atoms with Gasteiger partial charge in [-0.2, -0.15) is 0 Å². The molecule has 0 spiro atoms. The van der Waals surface area contributed by atoms with Crippen molar-refractivity contribution in [2.45, 2.75) is 38.8 Å². The van der Waals surface area contributed by atoms with Crippen LogP contribution < -0.4 is 10.2 Å². The number of nitrogens with one attached hydrogen (secondary N) is 1. The average Bonchev–Trinajstić information content (AvgIpc) is 2.87. The maximum atomic E-state index is 5.43. The molecule has 0 saturated carbocycles. The molecule has 1 unspecified atom stereocenters. The van der Waals surface area contributed by atoms with Crippen LogP contribution >= 0.6 is 0 Å². The maximum absolute atomic E-state index is 5.43. The molecule has 0 radical (unpaired) electrons. The van der Waals surface area contributed by atoms with E-state index in [4.69, 9.17) is 9.72 Å². The van der Waals surface area contributed by atoms with Gasteiger partial charge in [0.2, 0.25) is 0 Å². The topological polar surface area (TPSA) is 50.3 Å². The summed E-state index contributed by atoms with van der Waals surface area (Å²) < 4.78 is 5.43. The second-order valence-corrected chi connectivity index (χ2v) is 5.34. The zero-order valence-electron chi connectivity index (χ0n) is 12.3. The van der Waals surface area contributed by atoms with E-state index in [0.29, 0.717) is 12.0 Å². The lowest BCUT2D eigenvalue weighted by molar-refractivity contribution is 0.121. The van der Waals surface area contributed by atoms with Crippen molar-refractivity contribution in [3.05, 3.63) is 17.7 Å². The first-order chi connectivity index (χ1) is 9.15. The molecule has 1 aliphatic rings. The van der Waals surface area contributed by atoms with E-state index in [9.17, 15) is 0 Å². The fraction of sp³-hybridized carbons (Fsp3) is 0.714. The molecule has 2 heterocycles. The van der Waals surface area contributed by atoms with Crippen molar-refractivity contribution < 1.29 is 4.74 Å². The second kappa shape index (κ2) is 6.30. The van der Waals surface area contributed by atoms with Gasteiger partial charge in [-0.25, -0.2) is 9.97 Å². The van der Waals surface area contributed by atoms with Crippen LogP contribution in [-0.4, -0.2) is 43.3 Å². The molecule has 1 atom stereocenters. The Morgan fingerprint density at radius 3 is 2.89 bits per heavy atom. The van der Waals surface area contributed by atoms with Gasteiger partial charge in [0.25, 0.3) is 0 Å². The first kappa shape index (κ1) is 14.2. The third-order valence-electron chi connectivity index (χ3n) is 3.54. The van der Waals surface area contributed by atoms with Crippen LogP contribution in [0.15, 0.2) is 6.20 Å². The van der Waals surface area contributed by atoms with E-state index < -0.39 is 0 Å². The lowest BCUT2D eigenvalue weighted by atomic mass is 10.2. The molecule has 0 aromatic carbocycles. The lowest BCUT2D eigenvalue weighted by Crippen LogP contribution is -2.25. The first-order valence-electron chi connectivity index (χ1n) is 6.93. The van der Waals surface area contributed by atoms with Gasteiger partial charge in [0.1, 0.15) is 5.82 Å². The van der Waals surface area contributed by atoms with E-state index in [0.717, 1.165) is 43.3 Å². The van der Waals surface area contributed by atoms with Gasteiger partial charge in [0.05, 0.1) is 23.7 Å². The molecule has 106 valence electrons. The van der Waals surface area contributed by atoms with Crippen molar-refractivity contribution in [2.24, 2.45) is 0 Å². The Balaban J connectivity index is 2.24. The molecule has 1 fully saturated rings. The molecule has 1 aliphatic heterocycles. The summed E-state index contributed by atoms with van der Waals surface area (Å²) in [5.41, 5.74) is 2.22. The molecule has 0 amide bonds. The summed E-state index contributed by atoms with van der Waals surface area (Å²) in [5, 5.41) is 3.19. The molecule has 1 aromatic rings. The molecule has 1 aromatic heterocycles. The number of rotatable bonds is 5. The molecule has 1 saturated heterocycles. The van der Waals surface area contributed by atoms with Crippen LogP contribution in [0.3, 0.4) is 0 Å². The highest BCUT2D eigenvalue weighted by molar-refractivity contribution is 5.50. The Kier molecular flexibility index (Phi) is 4.71. The summed E-state index contributed by atoms with van der Waals surface area (Å²) in [4.78, 5) is 11.5. The highest BCUT2D eigenvalue weighted by Crippen LogP contribution is 2.25. The van der Waals surface area contributed by atoms with Crippen LogP contribution in [0, 0.1) is 0 Å². The average molecular weight is 264 g/mol. The number of methoxy groups -OCH3 is 1. The first-order valence-corrected chi connectivity index (χ1v) is 6.93. The van der Waals surface area contributed by atoms with E-state index in [1.807, 2.05) is 13.2 Å². The minimum Gasteiger partial charge on any atom is -0.380 e. The van der Waals surface area contributed by atoms with E-state index in [1.165, 1.54) is 0 Å². The van der Waals surface area contributed by atoms with Gasteiger partial charge in [-0.05, 0) is 13.5 Å². The van der Waals surface area contributed by atoms with Crippen molar-refractivity contribution in [1.82, 2.24) is 15.3 Å². The van der Waals surface area contributed by atoms with Gasteiger partial charge in [-0.1, -0.05) is 13.8 Å². The monoisotopic (exact) mass is 264 g/mol. The summed E-state index contributed by atoms with van der Waals surface area (Å²) in [6.07, 6.45) is 3.36. The largest absolute Gasteiger partial charge is 0.380 e. The Morgan fingerprint density at radius 2 is 2.32 bits per heavy atom. The van der Waals surface area contributed by atoms with Crippen molar-refractivity contribution in [3.8, 4) is 0 Å². The molecule has 0 aliphatic carbocycles. The number of hydrogen-bond acceptors (Lipinski definition) is 5. The summed E-state index contributed by atoms with van der Waals surface area (Å²) in [6, 6.07) is 0. The Bertz CT molecular complexity index is 422. The number of aromatic nitrogens is 2. The summed E-state index contributed by atoms with van der Waals surface area (Å²) in [7, 11) is 3.73. The van der Waals surface area contributed by atoms with Crippen LogP contribution in [0.5, 0.6) is 0 Å². The van der Waals surface area contributed by atoms with Crippen molar-refractivity contribution in [1.29, 1.82) is 0 Å². The predicted octanol–water partition coefficient (Wildman–Crippen LogP) is 1.54. The van der Waals surface area contributed by atoms with Gasteiger partial charge in [0, 0.05) is 32.7 Å². The highest BCUT2D eigenvalue weighted by atomic mass is 16.5. The van der Waals surface area contributed by atoms with Gasteiger partial charge >= 0.3 is 0 Å². The van der Waals surface area contributed by atoms with Crippen molar-refractivity contribution in [3.63, 3.8) is 0 Å². The fourth-order valence-electron chi connectivity index (χ4n) is 2.41. The van der Waals surface area contributed by atoms with Crippen molar-refractivity contribution in [2.75, 3.05) is 32.1 Å². The zero-order valence-corrected chi connectivity index (χ0v) is 12.3. The molecule has 0 bridgehead atoms. The van der Waals surface area contributed by atoms with Crippen LogP contribution in [0.1, 0.15) is 37.7 Å². The molecule has 19 heavy (non-hydrogen) atoms. The van der Waals surface area contributed by atoms with Gasteiger partial charge in [-0.15, -0.1) is 0 Å². The van der Waals surface area contributed by atoms with Gasteiger partial charge < -0.3 is 15.0 Å². The van der Waals surface area contributed by atoms with E-state index in [2.05, 4.69) is 29.0 Å². The normalized spacial score (nSPS) is 19.4. The Hall–Kier alpha value is -1.20. The van der Waals surface area contributed by atoms with E-state index >= 15 is 0 Å². The van der Waals surface area contributed by atoms with Crippen LogP contribution in [0.4, 0.5) is 5.69 Å². The second-order valence-electron chi connectivity index (χ2n) is 5.34. The zero-order chi connectivity index (χ0) is 13.8. The Morgan fingerprint density at radius 1 is 1.53 bits per heavy atom. The van der Waals surface area contributed by atoms with Crippen molar-refractivity contribution >= 4 is 5.69 Å². The minimum atomic E-state index is 0.326. The maximum Gasteiger partial charge on any atom is 0.131 e. The van der Waals surface area contributed by atoms with E-state index in [1.54, 1.807) is 7.11 Å². The van der Waals surface area contributed by atoms with Crippen LogP contribution in [0.25, 0.3) is 0 Å². The fourth-order valence-corrected chi connectivity index (χ4v) is 2.41. The van der Waals surface area contributed by atoms with E-state index in [-0.39, 0.29) is 0 Å². The molecule has 5 nitrogen and oxygen atoms in total. The number of hydrogen-bond donors (Lipinski definition) is 1. The molecule has 1 N–H and O–H groups in total. The van der Waals surface area contributed by atoms with Crippen LogP contribution in [0.2, 0.25) is 0 Å². The van der Waals surface area contributed by atoms with Gasteiger partial charge in [-0.3, -0.25) is 0 Å². The summed E-state index contributed by atoms with van der Waals surface area (Å²) in [6.45, 7) is 6.95. The molecular formula is C14H24N4O. The smallest absolute Gasteiger partial charge is 0.131 e. The van der Waals surface area contributed by atoms with Crippen LogP contribution in [-0.2, 0) is 11.3 Å². The third kappa shape index (κ3) is 3.22. The molecular weight excluding hydrogens is 240 g/mol. The highest BCUT2D eigenvalue weighted by Gasteiger charge is 2.25. The number of ether oxygens (including phenoxy) is 1. The Labute approximate surface area is 115 Å². The predicted molar refractivity (Wildman–Crippen MR) is 76.5 cm³/mol. The SMILES string of the molecule is CNCc1nc(C(C)C)ncc1N1CCC(OC)C1. The standard InChI is InChI=1S/C14H24N4O/c1-10(2)14-16-8-13(12(17-14)7-15-3)18-6-5-11(9-18)19-4/h8,10-11,15H,5-7,9H2,1-4H3. The molecule has 5 heteroatoms. The summed E-state index contributed by atoms with van der Waals surface area (Å²) in [5.74, 6) is 1.27. The quantitative estimate of drug-likeness (QED) is 0.874. The summed E-state index contributed by atoms with van der Waals surface area (Å²) >= 11 is 0. The lowest BCUT2D eigenvalue weighted by Gasteiger charge is -2.21.